The average molecular weight is 287 g/mol. The molecule has 0 aliphatic heterocycles. The Kier molecular flexibility index (Phi) is 3.75. The minimum Gasteiger partial charge on any atom is -0.312 e. The number of nitrogens with one attached hydrogen (secondary N) is 1. The van der Waals surface area contributed by atoms with Crippen molar-refractivity contribution >= 4 is 17.0 Å². The maximum atomic E-state index is 4.40. The van der Waals surface area contributed by atoms with Crippen LogP contribution in [0.1, 0.15) is 29.1 Å². The Balaban J connectivity index is 1.59. The van der Waals surface area contributed by atoms with Crippen molar-refractivity contribution in [2.24, 2.45) is 0 Å². The van der Waals surface area contributed by atoms with Crippen LogP contribution < -0.4 is 5.32 Å². The highest BCUT2D eigenvalue weighted by molar-refractivity contribution is 7.09. The zero-order valence-corrected chi connectivity index (χ0v) is 12.4. The summed E-state index contributed by atoms with van der Waals surface area (Å²) < 4.78 is 1.83. The Morgan fingerprint density at radius 3 is 3.10 bits per heavy atom. The number of nitrogens with zero attached hydrogens (tertiary/aromatic N) is 4. The van der Waals surface area contributed by atoms with Crippen LogP contribution >= 0.6 is 11.3 Å². The number of hydrogen-bond acceptors (Lipinski definition) is 5. The van der Waals surface area contributed by atoms with Crippen molar-refractivity contribution in [1.29, 1.82) is 0 Å². The molecule has 1 unspecified atom stereocenters. The normalized spacial score (nSPS) is 12.9. The molecule has 0 aliphatic rings. The van der Waals surface area contributed by atoms with E-state index in [1.807, 2.05) is 41.5 Å². The minimum atomic E-state index is 0.429. The van der Waals surface area contributed by atoms with Gasteiger partial charge in [0, 0.05) is 54.6 Å². The lowest BCUT2D eigenvalue weighted by Crippen LogP contribution is -2.20. The molecule has 20 heavy (non-hydrogen) atoms. The molecule has 0 amide bonds. The van der Waals surface area contributed by atoms with Gasteiger partial charge >= 0.3 is 0 Å². The Labute approximate surface area is 121 Å². The standard InChI is InChI=1S/C14H17N5S/c1-10(14-16-3-4-20-14)6-15-7-12-8-17-13-5-11(2)18-19(13)9-12/h3-5,8-10,15H,6-7H2,1-2H3. The van der Waals surface area contributed by atoms with Crippen LogP contribution in [-0.2, 0) is 6.54 Å². The van der Waals surface area contributed by atoms with Gasteiger partial charge in [0.05, 0.1) is 10.7 Å². The van der Waals surface area contributed by atoms with E-state index >= 15 is 0 Å². The van der Waals surface area contributed by atoms with Gasteiger partial charge in [-0.3, -0.25) is 0 Å². The summed E-state index contributed by atoms with van der Waals surface area (Å²) >= 11 is 1.70. The second-order valence-corrected chi connectivity index (χ2v) is 5.88. The summed E-state index contributed by atoms with van der Waals surface area (Å²) in [5.41, 5.74) is 3.01. The van der Waals surface area contributed by atoms with Crippen molar-refractivity contribution in [3.63, 3.8) is 0 Å². The van der Waals surface area contributed by atoms with Gasteiger partial charge in [-0.2, -0.15) is 5.10 Å². The molecule has 0 saturated heterocycles. The number of thiazole rings is 1. The highest BCUT2D eigenvalue weighted by Crippen LogP contribution is 2.16. The molecule has 0 saturated carbocycles. The molecule has 0 spiro atoms. The van der Waals surface area contributed by atoms with Gasteiger partial charge in [0.15, 0.2) is 5.65 Å². The molecule has 1 atom stereocenters. The first-order valence-corrected chi connectivity index (χ1v) is 7.51. The van der Waals surface area contributed by atoms with E-state index < -0.39 is 0 Å². The van der Waals surface area contributed by atoms with Crippen molar-refractivity contribution < 1.29 is 0 Å². The van der Waals surface area contributed by atoms with Gasteiger partial charge in [0.25, 0.3) is 0 Å². The van der Waals surface area contributed by atoms with Gasteiger partial charge in [-0.25, -0.2) is 14.5 Å². The number of hydrogen-bond donors (Lipinski definition) is 1. The fraction of sp³-hybridized carbons (Fsp3) is 0.357. The summed E-state index contributed by atoms with van der Waals surface area (Å²) in [5, 5.41) is 11.0. The predicted octanol–water partition coefficient (Wildman–Crippen LogP) is 2.39. The second kappa shape index (κ2) is 5.68. The van der Waals surface area contributed by atoms with E-state index in [-0.39, 0.29) is 0 Å². The van der Waals surface area contributed by atoms with Gasteiger partial charge in [-0.15, -0.1) is 11.3 Å². The van der Waals surface area contributed by atoms with E-state index in [1.165, 1.54) is 5.01 Å². The van der Waals surface area contributed by atoms with Crippen LogP contribution in [0.3, 0.4) is 0 Å². The molecule has 6 heteroatoms. The van der Waals surface area contributed by atoms with Gasteiger partial charge in [-0.1, -0.05) is 6.92 Å². The highest BCUT2D eigenvalue weighted by Gasteiger charge is 2.07. The van der Waals surface area contributed by atoms with E-state index in [4.69, 9.17) is 0 Å². The van der Waals surface area contributed by atoms with Crippen LogP contribution in [0.5, 0.6) is 0 Å². The first kappa shape index (κ1) is 13.2. The van der Waals surface area contributed by atoms with Crippen LogP contribution in [-0.4, -0.2) is 26.1 Å². The van der Waals surface area contributed by atoms with Gasteiger partial charge in [-0.05, 0) is 6.92 Å². The first-order chi connectivity index (χ1) is 9.72. The molecule has 104 valence electrons. The predicted molar refractivity (Wildman–Crippen MR) is 80.0 cm³/mol. The average Bonchev–Trinajstić information content (AvgIpc) is 3.05. The highest BCUT2D eigenvalue weighted by atomic mass is 32.1. The zero-order valence-electron chi connectivity index (χ0n) is 11.6. The fourth-order valence-corrected chi connectivity index (χ4v) is 2.82. The lowest BCUT2D eigenvalue weighted by Gasteiger charge is -2.09. The lowest BCUT2D eigenvalue weighted by molar-refractivity contribution is 0.610. The van der Waals surface area contributed by atoms with Gasteiger partial charge < -0.3 is 5.32 Å². The molecule has 0 bridgehead atoms. The van der Waals surface area contributed by atoms with E-state index in [9.17, 15) is 0 Å². The molecule has 3 heterocycles. The monoisotopic (exact) mass is 287 g/mol. The Morgan fingerprint density at radius 1 is 1.40 bits per heavy atom. The summed E-state index contributed by atoms with van der Waals surface area (Å²) in [4.78, 5) is 8.74. The topological polar surface area (TPSA) is 55.1 Å². The van der Waals surface area contributed by atoms with Crippen LogP contribution in [0.2, 0.25) is 0 Å². The molecular weight excluding hydrogens is 270 g/mol. The SMILES string of the molecule is Cc1cc2ncc(CNCC(C)c3nccs3)cn2n1. The van der Waals surface area contributed by atoms with Crippen LogP contribution in [0.15, 0.2) is 30.0 Å². The molecule has 3 aromatic rings. The number of fused-ring (bicyclic) bond motifs is 1. The van der Waals surface area contributed by atoms with E-state index in [0.717, 1.165) is 30.0 Å². The Morgan fingerprint density at radius 2 is 2.30 bits per heavy atom. The smallest absolute Gasteiger partial charge is 0.155 e. The van der Waals surface area contributed by atoms with Gasteiger partial charge in [0.2, 0.25) is 0 Å². The molecule has 0 fully saturated rings. The Bertz CT molecular complexity index is 689. The lowest BCUT2D eigenvalue weighted by atomic mass is 10.2. The molecule has 0 aliphatic carbocycles. The third kappa shape index (κ3) is 2.86. The summed E-state index contributed by atoms with van der Waals surface area (Å²) in [6.45, 7) is 5.85. The molecule has 0 radical (unpaired) electrons. The maximum absolute atomic E-state index is 4.40. The summed E-state index contributed by atoms with van der Waals surface area (Å²) in [6, 6.07) is 1.97. The quantitative estimate of drug-likeness (QED) is 0.783. The fourth-order valence-electron chi connectivity index (χ4n) is 2.12. The maximum Gasteiger partial charge on any atom is 0.155 e. The first-order valence-electron chi connectivity index (χ1n) is 6.63. The van der Waals surface area contributed by atoms with Crippen molar-refractivity contribution in [1.82, 2.24) is 24.9 Å². The van der Waals surface area contributed by atoms with Crippen LogP contribution in [0, 0.1) is 6.92 Å². The van der Waals surface area contributed by atoms with Crippen molar-refractivity contribution in [2.45, 2.75) is 26.3 Å². The van der Waals surface area contributed by atoms with E-state index in [1.54, 1.807) is 11.3 Å². The van der Waals surface area contributed by atoms with Crippen molar-refractivity contribution in [3.05, 3.63) is 46.3 Å². The number of aryl methyl sites for hydroxylation is 1. The summed E-state index contributed by atoms with van der Waals surface area (Å²) in [5.74, 6) is 0.429. The third-order valence-corrected chi connectivity index (χ3v) is 4.15. The third-order valence-electron chi connectivity index (χ3n) is 3.14. The van der Waals surface area contributed by atoms with Crippen molar-refractivity contribution in [3.8, 4) is 0 Å². The Hall–Kier alpha value is -1.79. The van der Waals surface area contributed by atoms with Crippen molar-refractivity contribution in [2.75, 3.05) is 6.54 Å². The second-order valence-electron chi connectivity index (χ2n) is 4.95. The molecule has 1 N–H and O–H groups in total. The molecule has 3 aromatic heterocycles. The summed E-state index contributed by atoms with van der Waals surface area (Å²) in [7, 11) is 0. The largest absolute Gasteiger partial charge is 0.312 e. The zero-order chi connectivity index (χ0) is 13.9. The number of rotatable bonds is 5. The minimum absolute atomic E-state index is 0.429. The molecule has 5 nitrogen and oxygen atoms in total. The van der Waals surface area contributed by atoms with Gasteiger partial charge in [0.1, 0.15) is 0 Å². The van der Waals surface area contributed by atoms with Crippen LogP contribution in [0.25, 0.3) is 5.65 Å². The van der Waals surface area contributed by atoms with E-state index in [2.05, 4.69) is 27.3 Å². The van der Waals surface area contributed by atoms with E-state index in [0.29, 0.717) is 5.92 Å². The van der Waals surface area contributed by atoms with Crippen LogP contribution in [0.4, 0.5) is 0 Å². The molecular formula is C14H17N5S. The number of aromatic nitrogens is 4. The molecule has 0 aromatic carbocycles. The molecule has 3 rings (SSSR count). The summed E-state index contributed by atoms with van der Waals surface area (Å²) in [6.07, 6.45) is 5.78.